The molecule has 0 aliphatic rings. The molecule has 1 unspecified atom stereocenters. The SMILES string of the molecule is Cc1ccccc1NC(=O)C(Br)c1noc(=O)[nH]1.[C-]#[N+]c1c(C(=O)Nc2ccccc2C)c2[nH]oc(=O)n2c1OC(=O)c1ccccc1. The molecule has 3 aromatic carbocycles. The van der Waals surface area contributed by atoms with E-state index in [9.17, 15) is 24.0 Å². The normalized spacial score (nSPS) is 11.1. The molecular weight excluding hydrogens is 690 g/mol. The number of nitrogens with zero attached hydrogens (tertiary/aromatic N) is 3. The molecule has 6 rings (SSSR count). The summed E-state index contributed by atoms with van der Waals surface area (Å²) in [5.41, 5.74) is 2.66. The predicted molar refractivity (Wildman–Crippen MR) is 176 cm³/mol. The van der Waals surface area contributed by atoms with Gasteiger partial charge in [-0.05, 0) is 49.2 Å². The number of halogens is 1. The Bertz CT molecular complexity index is 2290. The van der Waals surface area contributed by atoms with Gasteiger partial charge in [-0.1, -0.05) is 75.7 Å². The van der Waals surface area contributed by atoms with Gasteiger partial charge in [0.1, 0.15) is 0 Å². The van der Waals surface area contributed by atoms with Crippen LogP contribution in [0.3, 0.4) is 0 Å². The third-order valence-corrected chi connectivity index (χ3v) is 7.63. The van der Waals surface area contributed by atoms with Crippen LogP contribution in [-0.4, -0.2) is 37.5 Å². The second kappa shape index (κ2) is 14.3. The van der Waals surface area contributed by atoms with Crippen LogP contribution in [0.4, 0.5) is 17.1 Å². The molecule has 0 fully saturated rings. The summed E-state index contributed by atoms with van der Waals surface area (Å²) in [7, 11) is 0. The molecule has 0 radical (unpaired) electrons. The molecule has 0 saturated carbocycles. The Balaban J connectivity index is 0.000000214. The second-order valence-electron chi connectivity index (χ2n) is 9.97. The van der Waals surface area contributed by atoms with Crippen molar-refractivity contribution in [2.45, 2.75) is 18.7 Å². The van der Waals surface area contributed by atoms with E-state index in [1.165, 1.54) is 12.1 Å². The lowest BCUT2D eigenvalue weighted by Crippen LogP contribution is -2.19. The highest BCUT2D eigenvalue weighted by molar-refractivity contribution is 9.09. The third kappa shape index (κ3) is 7.00. The van der Waals surface area contributed by atoms with E-state index in [4.69, 9.17) is 15.8 Å². The molecule has 0 aliphatic carbocycles. The van der Waals surface area contributed by atoms with E-state index in [1.807, 2.05) is 44.2 Å². The van der Waals surface area contributed by atoms with Crippen LogP contribution >= 0.6 is 15.9 Å². The number of para-hydroxylation sites is 2. The number of hydrogen-bond acceptors (Lipinski definition) is 9. The minimum atomic E-state index is -0.930. The van der Waals surface area contributed by atoms with Crippen LogP contribution in [-0.2, 0) is 4.79 Å². The Morgan fingerprint density at radius 2 is 1.54 bits per heavy atom. The topological polar surface area (TPSA) is 198 Å². The van der Waals surface area contributed by atoms with Crippen LogP contribution < -0.4 is 26.9 Å². The van der Waals surface area contributed by atoms with Crippen LogP contribution in [0.2, 0.25) is 0 Å². The van der Waals surface area contributed by atoms with Crippen molar-refractivity contribution in [1.82, 2.24) is 19.7 Å². The number of anilines is 2. The zero-order valence-electron chi connectivity index (χ0n) is 25.1. The highest BCUT2D eigenvalue weighted by Gasteiger charge is 2.30. The minimum Gasteiger partial charge on any atom is -0.416 e. The predicted octanol–water partition coefficient (Wildman–Crippen LogP) is 5.30. The van der Waals surface area contributed by atoms with Crippen LogP contribution in [0.25, 0.3) is 10.5 Å². The number of H-pyrrole nitrogens is 2. The second-order valence-corrected chi connectivity index (χ2v) is 10.9. The van der Waals surface area contributed by atoms with Gasteiger partial charge in [0.2, 0.25) is 17.7 Å². The molecular formula is C32H24BrN7O8. The summed E-state index contributed by atoms with van der Waals surface area (Å²) in [4.78, 5) is 65.2. The van der Waals surface area contributed by atoms with Gasteiger partial charge < -0.3 is 19.9 Å². The van der Waals surface area contributed by atoms with Crippen molar-refractivity contribution in [3.63, 3.8) is 0 Å². The monoisotopic (exact) mass is 713 g/mol. The molecule has 242 valence electrons. The van der Waals surface area contributed by atoms with E-state index >= 15 is 0 Å². The maximum Gasteiger partial charge on any atom is 0.445 e. The largest absolute Gasteiger partial charge is 0.445 e. The van der Waals surface area contributed by atoms with Gasteiger partial charge in [-0.25, -0.2) is 28.8 Å². The number of esters is 1. The van der Waals surface area contributed by atoms with Crippen LogP contribution in [0.1, 0.15) is 42.5 Å². The highest BCUT2D eigenvalue weighted by Crippen LogP contribution is 2.37. The molecule has 2 amide bonds. The summed E-state index contributed by atoms with van der Waals surface area (Å²) in [5.74, 6) is -3.67. The number of aromatic nitrogens is 4. The Morgan fingerprint density at radius 3 is 2.12 bits per heavy atom. The van der Waals surface area contributed by atoms with Crippen molar-refractivity contribution < 1.29 is 28.2 Å². The van der Waals surface area contributed by atoms with Crippen molar-refractivity contribution in [1.29, 1.82) is 0 Å². The summed E-state index contributed by atoms with van der Waals surface area (Å²) in [5, 5.41) is 11.2. The Labute approximate surface area is 278 Å². The molecule has 15 nitrogen and oxygen atoms in total. The van der Waals surface area contributed by atoms with Crippen molar-refractivity contribution in [2.24, 2.45) is 0 Å². The van der Waals surface area contributed by atoms with E-state index < -0.39 is 34.1 Å². The maximum atomic E-state index is 13.0. The fraction of sp³-hybridized carbons (Fsp3) is 0.0938. The molecule has 16 heteroatoms. The summed E-state index contributed by atoms with van der Waals surface area (Å²) in [6.45, 7) is 11.2. The lowest BCUT2D eigenvalue weighted by molar-refractivity contribution is -0.115. The number of carbonyl (C=O) groups excluding carboxylic acids is 3. The van der Waals surface area contributed by atoms with E-state index in [-0.39, 0.29) is 34.2 Å². The Kier molecular flexibility index (Phi) is 9.81. The van der Waals surface area contributed by atoms with Crippen LogP contribution in [0.5, 0.6) is 5.88 Å². The van der Waals surface area contributed by atoms with Gasteiger partial charge in [0.25, 0.3) is 5.69 Å². The van der Waals surface area contributed by atoms with Crippen LogP contribution in [0.15, 0.2) is 97.5 Å². The van der Waals surface area contributed by atoms with E-state index in [0.717, 1.165) is 15.5 Å². The van der Waals surface area contributed by atoms with Crippen molar-refractivity contribution in [3.05, 3.63) is 139 Å². The number of aromatic amines is 2. The molecule has 0 saturated heterocycles. The first-order valence-corrected chi connectivity index (χ1v) is 14.8. The molecule has 1 atom stereocenters. The zero-order valence-corrected chi connectivity index (χ0v) is 26.7. The van der Waals surface area contributed by atoms with Crippen molar-refractivity contribution >= 4 is 56.4 Å². The molecule has 0 spiro atoms. The first kappa shape index (κ1) is 32.9. The fourth-order valence-corrected chi connectivity index (χ4v) is 4.67. The number of fused-ring (bicyclic) bond motifs is 1. The fourth-order valence-electron chi connectivity index (χ4n) is 4.36. The molecule has 0 aliphatic heterocycles. The van der Waals surface area contributed by atoms with Gasteiger partial charge in [0.05, 0.1) is 17.7 Å². The Morgan fingerprint density at radius 1 is 0.938 bits per heavy atom. The standard InChI is InChI=1S/C21H14N4O5.C11H10BrN3O3/c1-12-8-6-7-11-14(12)23-18(26)15-16(22-2)19(25-17(15)24-30-21(25)28)29-20(27)13-9-4-3-5-10-13;1-6-4-2-3-5-7(6)13-10(16)8(12)9-14-11(17)18-15-9/h3-11,24H,1H3,(H,23,26);2-5,8H,1H3,(H,13,16)(H,14,15,17). The smallest absolute Gasteiger partial charge is 0.416 e. The number of carbonyl (C=O) groups is 3. The number of aryl methyl sites for hydroxylation is 2. The lowest BCUT2D eigenvalue weighted by Gasteiger charge is -2.09. The van der Waals surface area contributed by atoms with Crippen molar-refractivity contribution in [2.75, 3.05) is 10.6 Å². The zero-order chi connectivity index (χ0) is 34.4. The van der Waals surface area contributed by atoms with Gasteiger partial charge in [0, 0.05) is 11.4 Å². The molecule has 6 aromatic rings. The number of rotatable bonds is 7. The maximum absolute atomic E-state index is 13.0. The number of nitrogens with one attached hydrogen (secondary N) is 4. The third-order valence-electron chi connectivity index (χ3n) is 6.78. The summed E-state index contributed by atoms with van der Waals surface area (Å²) < 4.78 is 15.3. The quantitative estimate of drug-likeness (QED) is 0.0963. The van der Waals surface area contributed by atoms with Gasteiger partial charge >= 0.3 is 17.5 Å². The first-order valence-electron chi connectivity index (χ1n) is 13.9. The molecule has 3 aromatic heterocycles. The van der Waals surface area contributed by atoms with Crippen LogP contribution in [0, 0.1) is 20.4 Å². The average molecular weight is 714 g/mol. The number of amides is 2. The number of alkyl halides is 1. The van der Waals surface area contributed by atoms with Gasteiger partial charge in [-0.15, -0.1) is 0 Å². The van der Waals surface area contributed by atoms with Gasteiger partial charge in [-0.2, -0.15) is 0 Å². The molecule has 48 heavy (non-hydrogen) atoms. The first-order chi connectivity index (χ1) is 23.1. The van der Waals surface area contributed by atoms with Gasteiger partial charge in [-0.3, -0.25) is 19.1 Å². The average Bonchev–Trinajstić information content (AvgIpc) is 3.78. The lowest BCUT2D eigenvalue weighted by atomic mass is 10.2. The summed E-state index contributed by atoms with van der Waals surface area (Å²) in [6.07, 6.45) is 0. The molecule has 3 heterocycles. The Hall–Kier alpha value is -6.47. The summed E-state index contributed by atoms with van der Waals surface area (Å²) in [6, 6.07) is 22.5. The van der Waals surface area contributed by atoms with Crippen molar-refractivity contribution in [3.8, 4) is 5.88 Å². The minimum absolute atomic E-state index is 0.0899. The molecule has 4 N–H and O–H groups in total. The van der Waals surface area contributed by atoms with E-state index in [0.29, 0.717) is 11.4 Å². The highest BCUT2D eigenvalue weighted by atomic mass is 79.9. The molecule has 0 bridgehead atoms. The summed E-state index contributed by atoms with van der Waals surface area (Å²) >= 11 is 3.14. The van der Waals surface area contributed by atoms with Gasteiger partial charge in [0.15, 0.2) is 16.3 Å². The van der Waals surface area contributed by atoms with E-state index in [2.05, 4.69) is 51.2 Å². The number of hydrogen-bond donors (Lipinski definition) is 4. The number of ether oxygens (including phenoxy) is 1. The van der Waals surface area contributed by atoms with E-state index in [1.54, 1.807) is 36.4 Å². The number of benzene rings is 3.